The van der Waals surface area contributed by atoms with E-state index >= 15 is 0 Å². The van der Waals surface area contributed by atoms with Crippen LogP contribution in [-0.4, -0.2) is 77.6 Å². The lowest BCUT2D eigenvalue weighted by molar-refractivity contribution is -0.131. The summed E-state index contributed by atoms with van der Waals surface area (Å²) in [5.74, 6) is 0.105. The summed E-state index contributed by atoms with van der Waals surface area (Å²) in [6.07, 6.45) is 0.311. The molecule has 4 rings (SSSR count). The van der Waals surface area contributed by atoms with E-state index in [9.17, 15) is 9.59 Å². The number of carbonyl (C=O) groups excluding carboxylic acids is 2. The molecule has 0 atom stereocenters. The number of hydrogen-bond acceptors (Lipinski definition) is 8. The van der Waals surface area contributed by atoms with Gasteiger partial charge in [-0.05, 0) is 37.4 Å². The Morgan fingerprint density at radius 1 is 0.971 bits per heavy atom. The normalized spacial score (nSPS) is 11.2. The first-order chi connectivity index (χ1) is 16.9. The molecule has 0 radical (unpaired) electrons. The van der Waals surface area contributed by atoms with E-state index in [-0.39, 0.29) is 30.7 Å². The van der Waals surface area contributed by atoms with Gasteiger partial charge in [-0.2, -0.15) is 0 Å². The number of fused-ring (bicyclic) bond motifs is 1. The number of likely N-dealkylation sites (N-methyl/N-ethyl adjacent to an activating group) is 2. The summed E-state index contributed by atoms with van der Waals surface area (Å²) in [5.41, 5.74) is 3.22. The highest BCUT2D eigenvalue weighted by molar-refractivity contribution is 7.18. The predicted octanol–water partition coefficient (Wildman–Crippen LogP) is 2.62. The minimum Gasteiger partial charge on any atom is -0.424 e. The van der Waals surface area contributed by atoms with Crippen molar-refractivity contribution in [1.82, 2.24) is 30.3 Å². The SMILES string of the molecule is CN(C)CCN(C)C(=O)CNC(=O)Cc1nnc(Cc2nc3ccc(-c4ccccc4)cc3s2)o1. The Labute approximate surface area is 207 Å². The summed E-state index contributed by atoms with van der Waals surface area (Å²) in [4.78, 5) is 32.6. The van der Waals surface area contributed by atoms with Gasteiger partial charge in [0.15, 0.2) is 0 Å². The molecule has 1 N–H and O–H groups in total. The molecule has 0 aliphatic carbocycles. The summed E-state index contributed by atoms with van der Waals surface area (Å²) in [7, 11) is 5.60. The topological polar surface area (TPSA) is 104 Å². The Bertz CT molecular complexity index is 1300. The number of rotatable bonds is 10. The van der Waals surface area contributed by atoms with Gasteiger partial charge in [-0.15, -0.1) is 21.5 Å². The zero-order valence-corrected chi connectivity index (χ0v) is 20.8. The van der Waals surface area contributed by atoms with Gasteiger partial charge in [-0.1, -0.05) is 36.4 Å². The number of aromatic nitrogens is 3. The molecule has 35 heavy (non-hydrogen) atoms. The first kappa shape index (κ1) is 24.5. The van der Waals surface area contributed by atoms with Crippen molar-refractivity contribution in [3.63, 3.8) is 0 Å². The van der Waals surface area contributed by atoms with Gasteiger partial charge in [0.2, 0.25) is 23.6 Å². The van der Waals surface area contributed by atoms with E-state index in [0.29, 0.717) is 18.9 Å². The number of amides is 2. The van der Waals surface area contributed by atoms with Crippen molar-refractivity contribution >= 4 is 33.4 Å². The number of benzene rings is 2. The highest BCUT2D eigenvalue weighted by Gasteiger charge is 2.15. The highest BCUT2D eigenvalue weighted by atomic mass is 32.1. The van der Waals surface area contributed by atoms with Crippen LogP contribution >= 0.6 is 11.3 Å². The molecule has 0 bridgehead atoms. The number of carbonyl (C=O) groups is 2. The van der Waals surface area contributed by atoms with Crippen LogP contribution in [0.15, 0.2) is 52.9 Å². The molecule has 9 nitrogen and oxygen atoms in total. The van der Waals surface area contributed by atoms with Crippen LogP contribution in [0.1, 0.15) is 16.8 Å². The largest absolute Gasteiger partial charge is 0.424 e. The maximum Gasteiger partial charge on any atom is 0.241 e. The van der Waals surface area contributed by atoms with E-state index in [1.165, 1.54) is 0 Å². The zero-order chi connectivity index (χ0) is 24.8. The van der Waals surface area contributed by atoms with Crippen molar-refractivity contribution in [3.05, 3.63) is 65.3 Å². The number of hydrogen-bond donors (Lipinski definition) is 1. The lowest BCUT2D eigenvalue weighted by Gasteiger charge is -2.19. The maximum atomic E-state index is 12.2. The van der Waals surface area contributed by atoms with Crippen molar-refractivity contribution in [3.8, 4) is 11.1 Å². The lowest BCUT2D eigenvalue weighted by Crippen LogP contribution is -2.41. The van der Waals surface area contributed by atoms with Gasteiger partial charge in [0.05, 0.1) is 23.2 Å². The molecule has 2 aromatic carbocycles. The molecule has 4 aromatic rings. The van der Waals surface area contributed by atoms with Crippen molar-refractivity contribution in [2.75, 3.05) is 40.8 Å². The maximum absolute atomic E-state index is 12.2. The van der Waals surface area contributed by atoms with Crippen molar-refractivity contribution < 1.29 is 14.0 Å². The standard InChI is InChI=1S/C25H28N6O3S/c1-30(2)11-12-31(3)25(33)16-26-21(32)14-22-28-29-23(34-22)15-24-27-19-10-9-18(13-20(19)35-24)17-7-5-4-6-8-17/h4-10,13H,11-12,14-16H2,1-3H3,(H,26,32). The van der Waals surface area contributed by atoms with E-state index in [1.807, 2.05) is 43.3 Å². The molecule has 0 spiro atoms. The average molecular weight is 493 g/mol. The molecule has 0 aliphatic heterocycles. The smallest absolute Gasteiger partial charge is 0.241 e. The van der Waals surface area contributed by atoms with Gasteiger partial charge in [-0.25, -0.2) is 4.98 Å². The molecule has 0 fully saturated rings. The van der Waals surface area contributed by atoms with Gasteiger partial charge in [0, 0.05) is 20.1 Å². The Kier molecular flexibility index (Phi) is 7.84. The molecule has 182 valence electrons. The van der Waals surface area contributed by atoms with E-state index < -0.39 is 0 Å². The first-order valence-electron chi connectivity index (χ1n) is 11.3. The fourth-order valence-electron chi connectivity index (χ4n) is 3.40. The molecule has 0 aliphatic rings. The summed E-state index contributed by atoms with van der Waals surface area (Å²) < 4.78 is 6.73. The van der Waals surface area contributed by atoms with Gasteiger partial charge in [0.1, 0.15) is 11.4 Å². The van der Waals surface area contributed by atoms with Crippen LogP contribution in [0.4, 0.5) is 0 Å². The van der Waals surface area contributed by atoms with Crippen LogP contribution in [0.3, 0.4) is 0 Å². The lowest BCUT2D eigenvalue weighted by atomic mass is 10.1. The molecular weight excluding hydrogens is 464 g/mol. The van der Waals surface area contributed by atoms with Crippen LogP contribution in [0.5, 0.6) is 0 Å². The third kappa shape index (κ3) is 6.71. The van der Waals surface area contributed by atoms with Gasteiger partial charge >= 0.3 is 0 Å². The predicted molar refractivity (Wildman–Crippen MR) is 135 cm³/mol. The van der Waals surface area contributed by atoms with Crippen LogP contribution in [-0.2, 0) is 22.4 Å². The number of thiazole rings is 1. The quantitative estimate of drug-likeness (QED) is 0.363. The van der Waals surface area contributed by atoms with Crippen LogP contribution in [0, 0.1) is 0 Å². The monoisotopic (exact) mass is 492 g/mol. The fourth-order valence-corrected chi connectivity index (χ4v) is 4.40. The fraction of sp³-hybridized carbons (Fsp3) is 0.320. The third-order valence-electron chi connectivity index (χ3n) is 5.41. The molecule has 2 aromatic heterocycles. The molecule has 0 unspecified atom stereocenters. The van der Waals surface area contributed by atoms with Gasteiger partial charge < -0.3 is 19.5 Å². The summed E-state index contributed by atoms with van der Waals surface area (Å²) in [6.45, 7) is 1.28. The Hall–Kier alpha value is -3.63. The van der Waals surface area contributed by atoms with Crippen LogP contribution in [0.2, 0.25) is 0 Å². The number of nitrogens with zero attached hydrogens (tertiary/aromatic N) is 5. The second-order valence-electron chi connectivity index (χ2n) is 8.49. The Morgan fingerprint density at radius 3 is 2.51 bits per heavy atom. The average Bonchev–Trinajstić information content (AvgIpc) is 3.46. The van der Waals surface area contributed by atoms with Gasteiger partial charge in [0.25, 0.3) is 0 Å². The van der Waals surface area contributed by atoms with Crippen LogP contribution in [0.25, 0.3) is 21.3 Å². The first-order valence-corrected chi connectivity index (χ1v) is 12.1. The minimum atomic E-state index is -0.344. The molecule has 0 saturated heterocycles. The number of nitrogens with one attached hydrogen (secondary N) is 1. The second-order valence-corrected chi connectivity index (χ2v) is 9.61. The van der Waals surface area contributed by atoms with Crippen LogP contribution < -0.4 is 5.32 Å². The summed E-state index contributed by atoms with van der Waals surface area (Å²) in [6, 6.07) is 16.4. The molecule has 2 amide bonds. The summed E-state index contributed by atoms with van der Waals surface area (Å²) >= 11 is 1.58. The van der Waals surface area contributed by atoms with E-state index in [1.54, 1.807) is 23.3 Å². The zero-order valence-electron chi connectivity index (χ0n) is 20.0. The van der Waals surface area contributed by atoms with Crippen molar-refractivity contribution in [2.24, 2.45) is 0 Å². The molecular formula is C25H28N6O3S. The van der Waals surface area contributed by atoms with Crippen molar-refractivity contribution in [2.45, 2.75) is 12.8 Å². The molecule has 0 saturated carbocycles. The molecule has 10 heteroatoms. The van der Waals surface area contributed by atoms with Crippen molar-refractivity contribution in [1.29, 1.82) is 0 Å². The highest BCUT2D eigenvalue weighted by Crippen LogP contribution is 2.29. The minimum absolute atomic E-state index is 0.0690. The van der Waals surface area contributed by atoms with E-state index in [0.717, 1.165) is 32.9 Å². The molecule has 2 heterocycles. The Morgan fingerprint density at radius 2 is 1.74 bits per heavy atom. The third-order valence-corrected chi connectivity index (χ3v) is 6.43. The summed E-state index contributed by atoms with van der Waals surface area (Å²) in [5, 5.41) is 11.5. The van der Waals surface area contributed by atoms with Gasteiger partial charge in [-0.3, -0.25) is 9.59 Å². The second kappa shape index (κ2) is 11.2. The Balaban J connectivity index is 1.31. The van der Waals surface area contributed by atoms with E-state index in [4.69, 9.17) is 4.42 Å². The van der Waals surface area contributed by atoms with E-state index in [2.05, 4.69) is 44.8 Å².